The number of sulfone groups is 1. The summed E-state index contributed by atoms with van der Waals surface area (Å²) in [7, 11) is 2.58. The van der Waals surface area contributed by atoms with E-state index in [9.17, 15) is 13.2 Å². The molecule has 7 nitrogen and oxygen atoms in total. The second-order valence-corrected chi connectivity index (χ2v) is 9.20. The standard InChI is InChI=1S/C19H24N4O3S/c1-22(2)16-7-5-15(6-8-16)21-18-9-4-14(12-20-18)19(24)23(3)17-10-11-27(25,26)13-17/h4-9,12,17H,10-11,13H2,1-3H3,(H,20,21). The molecule has 1 N–H and O–H groups in total. The summed E-state index contributed by atoms with van der Waals surface area (Å²) in [6.45, 7) is 0. The third-order valence-electron chi connectivity index (χ3n) is 4.74. The maximum atomic E-state index is 12.6. The molecule has 0 radical (unpaired) electrons. The molecule has 3 rings (SSSR count). The van der Waals surface area contributed by atoms with Gasteiger partial charge in [-0.3, -0.25) is 4.79 Å². The van der Waals surface area contributed by atoms with Gasteiger partial charge in [-0.25, -0.2) is 13.4 Å². The first-order chi connectivity index (χ1) is 12.7. The number of nitrogens with zero attached hydrogens (tertiary/aromatic N) is 3. The van der Waals surface area contributed by atoms with Crippen molar-refractivity contribution in [2.24, 2.45) is 0 Å². The number of anilines is 3. The van der Waals surface area contributed by atoms with Gasteiger partial charge in [0.15, 0.2) is 9.84 Å². The zero-order valence-corrected chi connectivity index (χ0v) is 16.5. The second kappa shape index (κ2) is 7.56. The Labute approximate surface area is 159 Å². The van der Waals surface area contributed by atoms with Gasteiger partial charge in [0.05, 0.1) is 17.1 Å². The van der Waals surface area contributed by atoms with Crippen molar-refractivity contribution in [2.75, 3.05) is 42.9 Å². The van der Waals surface area contributed by atoms with Crippen molar-refractivity contribution in [3.8, 4) is 0 Å². The first kappa shape index (κ1) is 19.2. The Bertz CT molecular complexity index is 909. The van der Waals surface area contributed by atoms with E-state index < -0.39 is 9.84 Å². The van der Waals surface area contributed by atoms with Crippen LogP contribution in [0.25, 0.3) is 0 Å². The van der Waals surface area contributed by atoms with Crippen LogP contribution in [-0.2, 0) is 9.84 Å². The van der Waals surface area contributed by atoms with Gasteiger partial charge in [-0.15, -0.1) is 0 Å². The van der Waals surface area contributed by atoms with Crippen LogP contribution in [0.3, 0.4) is 0 Å². The predicted octanol–water partition coefficient (Wildman–Crippen LogP) is 2.15. The van der Waals surface area contributed by atoms with Crippen molar-refractivity contribution >= 4 is 32.9 Å². The second-order valence-electron chi connectivity index (χ2n) is 6.97. The molecule has 1 amide bonds. The van der Waals surface area contributed by atoms with Crippen molar-refractivity contribution < 1.29 is 13.2 Å². The number of pyridine rings is 1. The van der Waals surface area contributed by atoms with E-state index in [0.29, 0.717) is 17.8 Å². The lowest BCUT2D eigenvalue weighted by Crippen LogP contribution is -2.37. The van der Waals surface area contributed by atoms with Crippen LogP contribution in [0, 0.1) is 0 Å². The third kappa shape index (κ3) is 4.57. The van der Waals surface area contributed by atoms with Gasteiger partial charge >= 0.3 is 0 Å². The summed E-state index contributed by atoms with van der Waals surface area (Å²) in [5, 5.41) is 3.20. The number of carbonyl (C=O) groups excluding carboxylic acids is 1. The smallest absolute Gasteiger partial charge is 0.255 e. The molecule has 1 unspecified atom stereocenters. The maximum Gasteiger partial charge on any atom is 0.255 e. The number of aromatic nitrogens is 1. The van der Waals surface area contributed by atoms with Gasteiger partial charge in [0.2, 0.25) is 0 Å². The van der Waals surface area contributed by atoms with Crippen LogP contribution in [0.5, 0.6) is 0 Å². The summed E-state index contributed by atoms with van der Waals surface area (Å²) in [6.07, 6.45) is 2.00. The Hall–Kier alpha value is -2.61. The molecule has 1 saturated heterocycles. The third-order valence-corrected chi connectivity index (χ3v) is 6.49. The van der Waals surface area contributed by atoms with Crippen LogP contribution in [0.15, 0.2) is 42.6 Å². The fraction of sp³-hybridized carbons (Fsp3) is 0.368. The summed E-state index contributed by atoms with van der Waals surface area (Å²) < 4.78 is 23.2. The highest BCUT2D eigenvalue weighted by atomic mass is 32.2. The van der Waals surface area contributed by atoms with Crippen molar-refractivity contribution in [3.63, 3.8) is 0 Å². The van der Waals surface area contributed by atoms with Gasteiger partial charge in [0.25, 0.3) is 5.91 Å². The van der Waals surface area contributed by atoms with E-state index in [4.69, 9.17) is 0 Å². The number of benzene rings is 1. The minimum Gasteiger partial charge on any atom is -0.378 e. The van der Waals surface area contributed by atoms with E-state index in [1.807, 2.05) is 43.3 Å². The molecule has 0 bridgehead atoms. The molecule has 1 aliphatic rings. The topological polar surface area (TPSA) is 82.6 Å². The normalized spacial score (nSPS) is 18.1. The number of rotatable bonds is 5. The highest BCUT2D eigenvalue weighted by Gasteiger charge is 2.33. The Morgan fingerprint density at radius 1 is 1.11 bits per heavy atom. The molecule has 1 aliphatic heterocycles. The maximum absolute atomic E-state index is 12.6. The summed E-state index contributed by atoms with van der Waals surface area (Å²) in [6, 6.07) is 11.1. The van der Waals surface area contributed by atoms with Gasteiger partial charge < -0.3 is 15.1 Å². The number of amides is 1. The van der Waals surface area contributed by atoms with Crippen molar-refractivity contribution in [3.05, 3.63) is 48.2 Å². The Morgan fingerprint density at radius 2 is 1.81 bits per heavy atom. The fourth-order valence-electron chi connectivity index (χ4n) is 3.04. The Balaban J connectivity index is 1.65. The van der Waals surface area contributed by atoms with Gasteiger partial charge in [-0.1, -0.05) is 0 Å². The highest BCUT2D eigenvalue weighted by molar-refractivity contribution is 7.91. The minimum atomic E-state index is -3.03. The van der Waals surface area contributed by atoms with E-state index in [1.54, 1.807) is 19.2 Å². The molecule has 8 heteroatoms. The highest BCUT2D eigenvalue weighted by Crippen LogP contribution is 2.21. The van der Waals surface area contributed by atoms with Crippen LogP contribution < -0.4 is 10.2 Å². The van der Waals surface area contributed by atoms with Gasteiger partial charge in [0, 0.05) is 44.8 Å². The Morgan fingerprint density at radius 3 is 2.33 bits per heavy atom. The van der Waals surface area contributed by atoms with E-state index >= 15 is 0 Å². The number of hydrogen-bond acceptors (Lipinski definition) is 6. The molecular formula is C19H24N4O3S. The first-order valence-electron chi connectivity index (χ1n) is 8.73. The van der Waals surface area contributed by atoms with Gasteiger partial charge in [0.1, 0.15) is 5.82 Å². The zero-order valence-electron chi connectivity index (χ0n) is 15.7. The molecule has 0 spiro atoms. The van der Waals surface area contributed by atoms with Crippen LogP contribution in [0.2, 0.25) is 0 Å². The van der Waals surface area contributed by atoms with E-state index in [2.05, 4.69) is 10.3 Å². The molecule has 0 aliphatic carbocycles. The van der Waals surface area contributed by atoms with Gasteiger partial charge in [-0.2, -0.15) is 0 Å². The summed E-state index contributed by atoms with van der Waals surface area (Å²) in [5.41, 5.74) is 2.45. The number of hydrogen-bond donors (Lipinski definition) is 1. The SMILES string of the molecule is CN(C)c1ccc(Nc2ccc(C(=O)N(C)C3CCS(=O)(=O)C3)cn2)cc1. The molecule has 2 heterocycles. The van der Waals surface area contributed by atoms with Crippen LogP contribution in [0.4, 0.5) is 17.2 Å². The summed E-state index contributed by atoms with van der Waals surface area (Å²) in [5.74, 6) is 0.593. The molecule has 144 valence electrons. The minimum absolute atomic E-state index is 0.0330. The predicted molar refractivity (Wildman–Crippen MR) is 107 cm³/mol. The molecule has 1 aromatic carbocycles. The quantitative estimate of drug-likeness (QED) is 0.845. The lowest BCUT2D eigenvalue weighted by atomic mass is 10.2. The van der Waals surface area contributed by atoms with E-state index in [0.717, 1.165) is 11.4 Å². The van der Waals surface area contributed by atoms with Crippen molar-refractivity contribution in [1.82, 2.24) is 9.88 Å². The van der Waals surface area contributed by atoms with E-state index in [1.165, 1.54) is 11.1 Å². The lowest BCUT2D eigenvalue weighted by Gasteiger charge is -2.23. The molecule has 1 atom stereocenters. The van der Waals surface area contributed by atoms with Crippen LogP contribution in [-0.4, -0.2) is 62.9 Å². The largest absolute Gasteiger partial charge is 0.378 e. The van der Waals surface area contributed by atoms with Crippen molar-refractivity contribution in [1.29, 1.82) is 0 Å². The van der Waals surface area contributed by atoms with E-state index in [-0.39, 0.29) is 23.5 Å². The monoisotopic (exact) mass is 388 g/mol. The van der Waals surface area contributed by atoms with Gasteiger partial charge in [-0.05, 0) is 42.8 Å². The Kier molecular flexibility index (Phi) is 5.36. The summed E-state index contributed by atoms with van der Waals surface area (Å²) >= 11 is 0. The average molecular weight is 388 g/mol. The summed E-state index contributed by atoms with van der Waals surface area (Å²) in [4.78, 5) is 20.4. The van der Waals surface area contributed by atoms with Crippen LogP contribution >= 0.6 is 0 Å². The molecule has 1 aromatic heterocycles. The lowest BCUT2D eigenvalue weighted by molar-refractivity contribution is 0.0747. The number of nitrogens with one attached hydrogen (secondary N) is 1. The zero-order chi connectivity index (χ0) is 19.6. The average Bonchev–Trinajstić information content (AvgIpc) is 3.01. The molecule has 0 saturated carbocycles. The molecular weight excluding hydrogens is 364 g/mol. The first-order valence-corrected chi connectivity index (χ1v) is 10.6. The number of carbonyl (C=O) groups is 1. The molecule has 1 fully saturated rings. The molecule has 27 heavy (non-hydrogen) atoms. The van der Waals surface area contributed by atoms with Crippen LogP contribution in [0.1, 0.15) is 16.8 Å². The fourth-order valence-corrected chi connectivity index (χ4v) is 4.81. The van der Waals surface area contributed by atoms with Crippen molar-refractivity contribution in [2.45, 2.75) is 12.5 Å². The molecule has 2 aromatic rings.